The maximum absolute atomic E-state index is 14.5. The molecule has 0 spiro atoms. The number of pyridine rings is 1. The number of carbonyl (C=O) groups excluding carboxylic acids is 1. The zero-order valence-electron chi connectivity index (χ0n) is 18.0. The van der Waals surface area contributed by atoms with E-state index in [9.17, 15) is 9.18 Å². The lowest BCUT2D eigenvalue weighted by molar-refractivity contribution is 0.187. The van der Waals surface area contributed by atoms with E-state index in [1.165, 1.54) is 6.20 Å². The normalized spacial score (nSPS) is 23.4. The van der Waals surface area contributed by atoms with Gasteiger partial charge in [0.15, 0.2) is 23.1 Å². The van der Waals surface area contributed by atoms with Crippen molar-refractivity contribution in [1.29, 1.82) is 0 Å². The molecule has 4 heterocycles. The molecule has 1 aliphatic carbocycles. The highest BCUT2D eigenvalue weighted by atomic mass is 19.1. The van der Waals surface area contributed by atoms with Gasteiger partial charge in [-0.25, -0.2) is 24.1 Å². The van der Waals surface area contributed by atoms with E-state index in [1.807, 2.05) is 17.0 Å². The molecule has 1 saturated heterocycles. The molecule has 1 aliphatic heterocycles. The number of nitrogens with one attached hydrogen (secondary N) is 3. The molecular formula is C22H27FN8O. The number of halogens is 1. The van der Waals surface area contributed by atoms with Crippen LogP contribution < -0.4 is 10.6 Å². The summed E-state index contributed by atoms with van der Waals surface area (Å²) in [6.45, 7) is 2.90. The van der Waals surface area contributed by atoms with E-state index < -0.39 is 5.82 Å². The van der Waals surface area contributed by atoms with Crippen molar-refractivity contribution < 1.29 is 9.18 Å². The highest BCUT2D eigenvalue weighted by molar-refractivity contribution is 5.88. The van der Waals surface area contributed by atoms with Crippen molar-refractivity contribution in [3.8, 4) is 11.5 Å². The standard InChI is InChI=1S/C22H27FN8O/c1-13-5-4-10-31(13)22(32)27-15-7-2-6-14(11-15)26-20-17(23)12-25-21(28-20)18-16-8-3-9-24-19(16)30-29-18/h3,8-9,12-15H,2,4-7,10-11H2,1H3,(H,27,32)(H,24,29,30)(H,25,26,28)/t13?,14-,15+/m0/s1. The lowest BCUT2D eigenvalue weighted by atomic mass is 9.91. The fraction of sp³-hybridized carbons (Fsp3) is 0.500. The number of urea groups is 1. The van der Waals surface area contributed by atoms with Gasteiger partial charge in [-0.05, 0) is 57.6 Å². The van der Waals surface area contributed by atoms with Gasteiger partial charge < -0.3 is 15.5 Å². The van der Waals surface area contributed by atoms with E-state index >= 15 is 0 Å². The first-order chi connectivity index (χ1) is 15.6. The molecule has 3 atom stereocenters. The number of hydrogen-bond acceptors (Lipinski definition) is 6. The number of carbonyl (C=O) groups is 1. The lowest BCUT2D eigenvalue weighted by Gasteiger charge is -2.32. The van der Waals surface area contributed by atoms with Gasteiger partial charge in [-0.1, -0.05) is 0 Å². The summed E-state index contributed by atoms with van der Waals surface area (Å²) in [4.78, 5) is 27.3. The summed E-state index contributed by atoms with van der Waals surface area (Å²) in [5, 5.41) is 14.3. The molecule has 2 aliphatic rings. The number of likely N-dealkylation sites (tertiary alicyclic amines) is 1. The number of H-pyrrole nitrogens is 1. The predicted molar refractivity (Wildman–Crippen MR) is 118 cm³/mol. The molecular weight excluding hydrogens is 411 g/mol. The minimum absolute atomic E-state index is 0.0101. The number of aromatic amines is 1. The van der Waals surface area contributed by atoms with Crippen molar-refractivity contribution in [2.45, 2.75) is 63.6 Å². The van der Waals surface area contributed by atoms with E-state index in [4.69, 9.17) is 0 Å². The van der Waals surface area contributed by atoms with Crippen LogP contribution in [0.25, 0.3) is 22.6 Å². The SMILES string of the molecule is CC1CCCN1C(=O)N[C@@H]1CCC[C@H](Nc2nc(-c3[nH]nc4ncccc34)ncc2F)C1. The molecule has 168 valence electrons. The van der Waals surface area contributed by atoms with Crippen molar-refractivity contribution in [2.75, 3.05) is 11.9 Å². The summed E-state index contributed by atoms with van der Waals surface area (Å²) in [6.07, 6.45) is 8.44. The smallest absolute Gasteiger partial charge is 0.317 e. The first-order valence-electron chi connectivity index (χ1n) is 11.2. The second-order valence-corrected chi connectivity index (χ2v) is 8.70. The molecule has 3 N–H and O–H groups in total. The van der Waals surface area contributed by atoms with Crippen LogP contribution in [-0.4, -0.2) is 60.8 Å². The van der Waals surface area contributed by atoms with E-state index in [0.717, 1.165) is 50.5 Å². The van der Waals surface area contributed by atoms with E-state index in [2.05, 4.69) is 42.7 Å². The third kappa shape index (κ3) is 4.09. The monoisotopic (exact) mass is 438 g/mol. The van der Waals surface area contributed by atoms with Gasteiger partial charge in [-0.2, -0.15) is 5.10 Å². The maximum atomic E-state index is 14.5. The number of fused-ring (bicyclic) bond motifs is 1. The second-order valence-electron chi connectivity index (χ2n) is 8.70. The number of rotatable bonds is 4. The van der Waals surface area contributed by atoms with Gasteiger partial charge in [0.25, 0.3) is 0 Å². The number of amides is 2. The Morgan fingerprint density at radius 3 is 2.94 bits per heavy atom. The zero-order valence-corrected chi connectivity index (χ0v) is 18.0. The van der Waals surface area contributed by atoms with Crippen LogP contribution in [0.4, 0.5) is 15.0 Å². The number of aromatic nitrogens is 5. The molecule has 9 nitrogen and oxygen atoms in total. The van der Waals surface area contributed by atoms with Crippen molar-refractivity contribution >= 4 is 22.9 Å². The second kappa shape index (κ2) is 8.68. The molecule has 3 aromatic heterocycles. The first-order valence-corrected chi connectivity index (χ1v) is 11.2. The van der Waals surface area contributed by atoms with Gasteiger partial charge >= 0.3 is 6.03 Å². The molecule has 1 unspecified atom stereocenters. The molecule has 1 saturated carbocycles. The Morgan fingerprint density at radius 1 is 1.22 bits per heavy atom. The molecule has 2 amide bonds. The topological polar surface area (TPSA) is 112 Å². The Labute approximate surface area is 185 Å². The van der Waals surface area contributed by atoms with Gasteiger partial charge in [0.1, 0.15) is 5.69 Å². The lowest BCUT2D eigenvalue weighted by Crippen LogP contribution is -2.48. The molecule has 0 radical (unpaired) electrons. The Kier molecular flexibility index (Phi) is 5.59. The summed E-state index contributed by atoms with van der Waals surface area (Å²) >= 11 is 0. The highest BCUT2D eigenvalue weighted by Crippen LogP contribution is 2.27. The quantitative estimate of drug-likeness (QED) is 0.575. The summed E-state index contributed by atoms with van der Waals surface area (Å²) in [5.74, 6) is 0.00705. The number of anilines is 1. The molecule has 10 heteroatoms. The first kappa shape index (κ1) is 20.6. The molecule has 5 rings (SSSR count). The number of hydrogen-bond donors (Lipinski definition) is 3. The average molecular weight is 439 g/mol. The van der Waals surface area contributed by atoms with Crippen molar-refractivity contribution in [2.24, 2.45) is 0 Å². The van der Waals surface area contributed by atoms with E-state index in [1.54, 1.807) is 6.20 Å². The summed E-state index contributed by atoms with van der Waals surface area (Å²) in [5.41, 5.74) is 1.16. The van der Waals surface area contributed by atoms with Crippen molar-refractivity contribution in [3.05, 3.63) is 30.3 Å². The van der Waals surface area contributed by atoms with Crippen LogP contribution in [0, 0.1) is 5.82 Å². The van der Waals surface area contributed by atoms with Crippen LogP contribution in [0.5, 0.6) is 0 Å². The Balaban J connectivity index is 1.28. The molecule has 3 aromatic rings. The van der Waals surface area contributed by atoms with Crippen LogP contribution in [0.1, 0.15) is 45.4 Å². The summed E-state index contributed by atoms with van der Waals surface area (Å²) in [6, 6.07) is 4.06. The van der Waals surface area contributed by atoms with Crippen molar-refractivity contribution in [1.82, 2.24) is 35.4 Å². The van der Waals surface area contributed by atoms with Gasteiger partial charge in [0.05, 0.1) is 6.20 Å². The van der Waals surface area contributed by atoms with Gasteiger partial charge in [-0.15, -0.1) is 0 Å². The molecule has 2 fully saturated rings. The van der Waals surface area contributed by atoms with E-state index in [-0.39, 0.29) is 30.0 Å². The predicted octanol–water partition coefficient (Wildman–Crippen LogP) is 3.47. The minimum Gasteiger partial charge on any atom is -0.365 e. The molecule has 0 bridgehead atoms. The van der Waals surface area contributed by atoms with Crippen LogP contribution in [0.15, 0.2) is 24.5 Å². The van der Waals surface area contributed by atoms with Crippen LogP contribution in [0.3, 0.4) is 0 Å². The molecule has 32 heavy (non-hydrogen) atoms. The third-order valence-electron chi connectivity index (χ3n) is 6.45. The van der Waals surface area contributed by atoms with Crippen molar-refractivity contribution in [3.63, 3.8) is 0 Å². The van der Waals surface area contributed by atoms with Gasteiger partial charge in [0, 0.05) is 36.3 Å². The minimum atomic E-state index is -0.507. The van der Waals surface area contributed by atoms with E-state index in [0.29, 0.717) is 17.2 Å². The van der Waals surface area contributed by atoms with Gasteiger partial charge in [0.2, 0.25) is 0 Å². The largest absolute Gasteiger partial charge is 0.365 e. The summed E-state index contributed by atoms with van der Waals surface area (Å²) in [7, 11) is 0. The highest BCUT2D eigenvalue weighted by Gasteiger charge is 2.29. The molecule has 0 aromatic carbocycles. The average Bonchev–Trinajstić information content (AvgIpc) is 3.42. The van der Waals surface area contributed by atoms with Gasteiger partial charge in [-0.3, -0.25) is 5.10 Å². The zero-order chi connectivity index (χ0) is 22.1. The fourth-order valence-electron chi connectivity index (χ4n) is 4.75. The fourth-order valence-corrected chi connectivity index (χ4v) is 4.75. The van der Waals surface area contributed by atoms with Crippen LogP contribution >= 0.6 is 0 Å². The number of nitrogens with zero attached hydrogens (tertiary/aromatic N) is 5. The Morgan fingerprint density at radius 2 is 2.09 bits per heavy atom. The Hall–Kier alpha value is -3.30. The maximum Gasteiger partial charge on any atom is 0.317 e. The Bertz CT molecular complexity index is 1120. The third-order valence-corrected chi connectivity index (χ3v) is 6.45. The van der Waals surface area contributed by atoms with Crippen LogP contribution in [-0.2, 0) is 0 Å². The van der Waals surface area contributed by atoms with Crippen LogP contribution in [0.2, 0.25) is 0 Å². The summed E-state index contributed by atoms with van der Waals surface area (Å²) < 4.78 is 14.5.